The first kappa shape index (κ1) is 58.7. The van der Waals surface area contributed by atoms with E-state index in [2.05, 4.69) is 41.4 Å². The van der Waals surface area contributed by atoms with E-state index in [-0.39, 0.29) is 74.4 Å². The first-order valence-corrected chi connectivity index (χ1v) is 23.7. The number of hydrogen-bond donors (Lipinski definition) is 7. The molecule has 0 aromatic heterocycles. The van der Waals surface area contributed by atoms with Crippen LogP contribution >= 0.6 is 23.2 Å². The molecule has 7 N–H and O–H groups in total. The molecule has 23 heteroatoms. The van der Waals surface area contributed by atoms with Gasteiger partial charge >= 0.3 is 11.9 Å². The minimum atomic E-state index is -3.65. The first-order chi connectivity index (χ1) is 31.0. The Hall–Kier alpha value is -5.35. The van der Waals surface area contributed by atoms with Crippen LogP contribution in [0.3, 0.4) is 0 Å². The fourth-order valence-electron chi connectivity index (χ4n) is 5.55. The minimum Gasteiger partial charge on any atom is -0.469 e. The molecule has 4 atom stereocenters. The second-order valence-corrected chi connectivity index (χ2v) is 17.2. The standard InChI is InChI=1S/C22H32ClN3O8S.C21H30ClN3O6/c1-14(24-19(27)7-5-6-8-20(28)33-3)21(29)25-15(2)22(30)26-18-10-16(12-23)9-17(11-18)13-34-35(4,31)32;1-13(23-18(27)6-4-5-7-19(28)31-3)20(29)24-14(2)21(30)25-17-9-15(11-22)8-16(10-17)12-26/h9-11,14-15H,5-8,12-13H2,1-4H3,(H,24,27)(H,25,29)(H,26,30);8-10,13-14,26H,4-7,11-12H2,1-3H3,(H,23,27)(H,24,29)(H,25,30)/t14-,15-;13-,14-/m00/s1. The van der Waals surface area contributed by atoms with Gasteiger partial charge in [0.05, 0.1) is 33.7 Å². The van der Waals surface area contributed by atoms with Gasteiger partial charge in [0, 0.05) is 48.8 Å². The molecule has 0 radical (unpaired) electrons. The summed E-state index contributed by atoms with van der Waals surface area (Å²) in [5.41, 5.74) is 3.28. The number of carbonyl (C=O) groups excluding carboxylic acids is 8. The van der Waals surface area contributed by atoms with Crippen molar-refractivity contribution in [2.24, 2.45) is 0 Å². The van der Waals surface area contributed by atoms with Gasteiger partial charge in [-0.1, -0.05) is 12.1 Å². The molecule has 6 amide bonds. The monoisotopic (exact) mass is 988 g/mol. The average molecular weight is 990 g/mol. The van der Waals surface area contributed by atoms with Crippen LogP contribution in [0.2, 0.25) is 0 Å². The lowest BCUT2D eigenvalue weighted by Crippen LogP contribution is -2.50. The number of esters is 2. The van der Waals surface area contributed by atoms with Crippen LogP contribution in [0.4, 0.5) is 11.4 Å². The number of carbonyl (C=O) groups is 8. The highest BCUT2D eigenvalue weighted by Crippen LogP contribution is 2.19. The molecule has 0 unspecified atom stereocenters. The van der Waals surface area contributed by atoms with Crippen LogP contribution in [0.1, 0.15) is 101 Å². The number of anilines is 2. The number of methoxy groups -OCH3 is 2. The van der Waals surface area contributed by atoms with Gasteiger partial charge in [-0.3, -0.25) is 42.5 Å². The average Bonchev–Trinajstić information content (AvgIpc) is 3.27. The predicted octanol–water partition coefficient (Wildman–Crippen LogP) is 3.18. The number of hydrogen-bond acceptors (Lipinski definition) is 14. The number of rotatable bonds is 26. The molecular weight excluding hydrogens is 927 g/mol. The molecule has 2 rings (SSSR count). The van der Waals surface area contributed by atoms with Crippen molar-refractivity contribution < 1.29 is 65.5 Å². The maximum absolute atomic E-state index is 12.6. The number of aliphatic hydroxyl groups excluding tert-OH is 1. The Balaban J connectivity index is 0.000000665. The fourth-order valence-corrected chi connectivity index (χ4v) is 6.21. The van der Waals surface area contributed by atoms with Crippen molar-refractivity contribution in [3.05, 3.63) is 58.7 Å². The third-order valence-electron chi connectivity index (χ3n) is 9.14. The molecule has 0 spiro atoms. The van der Waals surface area contributed by atoms with Crippen LogP contribution in [-0.2, 0) is 87.1 Å². The molecule has 0 saturated heterocycles. The van der Waals surface area contributed by atoms with Crippen LogP contribution in [-0.4, -0.2) is 106 Å². The number of amides is 6. The Morgan fingerprint density at radius 3 is 1.26 bits per heavy atom. The van der Waals surface area contributed by atoms with E-state index in [4.69, 9.17) is 27.4 Å². The van der Waals surface area contributed by atoms with Crippen molar-refractivity contribution in [2.45, 2.75) is 128 Å². The predicted molar refractivity (Wildman–Crippen MR) is 246 cm³/mol. The Labute approximate surface area is 395 Å². The molecule has 368 valence electrons. The molecule has 0 bridgehead atoms. The van der Waals surface area contributed by atoms with Gasteiger partial charge in [0.15, 0.2) is 0 Å². The zero-order valence-corrected chi connectivity index (χ0v) is 40.5. The molecule has 0 saturated carbocycles. The topological polar surface area (TPSA) is 291 Å². The van der Waals surface area contributed by atoms with E-state index < -0.39 is 57.9 Å². The summed E-state index contributed by atoms with van der Waals surface area (Å²) in [5, 5.41) is 24.8. The second-order valence-electron chi connectivity index (χ2n) is 15.1. The summed E-state index contributed by atoms with van der Waals surface area (Å²) in [6.45, 7) is 5.59. The number of unbranched alkanes of at least 4 members (excludes halogenated alkanes) is 2. The minimum absolute atomic E-state index is 0.127. The highest BCUT2D eigenvalue weighted by molar-refractivity contribution is 7.85. The Morgan fingerprint density at radius 2 is 0.894 bits per heavy atom. The van der Waals surface area contributed by atoms with Gasteiger partial charge in [0.25, 0.3) is 10.1 Å². The van der Waals surface area contributed by atoms with Crippen molar-refractivity contribution in [1.29, 1.82) is 0 Å². The number of ether oxygens (including phenoxy) is 2. The van der Waals surface area contributed by atoms with E-state index in [1.54, 1.807) is 30.3 Å². The lowest BCUT2D eigenvalue weighted by atomic mass is 10.1. The lowest BCUT2D eigenvalue weighted by Gasteiger charge is -2.19. The summed E-state index contributed by atoms with van der Waals surface area (Å²) in [7, 11) is -1.05. The summed E-state index contributed by atoms with van der Waals surface area (Å²) >= 11 is 11.7. The molecule has 0 aliphatic heterocycles. The highest BCUT2D eigenvalue weighted by atomic mass is 35.5. The largest absolute Gasteiger partial charge is 0.469 e. The Kier molecular flexibility index (Phi) is 27.4. The third kappa shape index (κ3) is 24.8. The number of aliphatic hydroxyl groups is 1. The molecule has 66 heavy (non-hydrogen) atoms. The van der Waals surface area contributed by atoms with E-state index in [0.29, 0.717) is 53.7 Å². The summed E-state index contributed by atoms with van der Waals surface area (Å²) in [4.78, 5) is 95.7. The van der Waals surface area contributed by atoms with Crippen LogP contribution in [0.25, 0.3) is 0 Å². The summed E-state index contributed by atoms with van der Waals surface area (Å²) in [5.74, 6) is -3.03. The number of nitrogens with one attached hydrogen (secondary N) is 6. The molecular formula is C43H62Cl2N6O14S. The number of halogens is 2. The van der Waals surface area contributed by atoms with Gasteiger partial charge < -0.3 is 46.5 Å². The second kappa shape index (κ2) is 30.8. The van der Waals surface area contributed by atoms with Crippen LogP contribution in [0.5, 0.6) is 0 Å². The van der Waals surface area contributed by atoms with Crippen LogP contribution in [0.15, 0.2) is 36.4 Å². The Morgan fingerprint density at radius 1 is 0.545 bits per heavy atom. The molecule has 0 aliphatic rings. The van der Waals surface area contributed by atoms with Gasteiger partial charge in [0.1, 0.15) is 24.2 Å². The van der Waals surface area contributed by atoms with Crippen molar-refractivity contribution in [3.63, 3.8) is 0 Å². The molecule has 20 nitrogen and oxygen atoms in total. The van der Waals surface area contributed by atoms with E-state index >= 15 is 0 Å². The lowest BCUT2D eigenvalue weighted by molar-refractivity contribution is -0.141. The van der Waals surface area contributed by atoms with Crippen molar-refractivity contribution in [2.75, 3.05) is 31.1 Å². The fraction of sp³-hybridized carbons (Fsp3) is 0.535. The SMILES string of the molecule is COC(=O)CCCCC(=O)N[C@@H](C)C(=O)N[C@@H](C)C(=O)Nc1cc(CCl)cc(COS(C)(=O)=O)c1.COC(=O)CCCCC(=O)N[C@@H](C)C(=O)N[C@@H](C)C(=O)Nc1cc(CO)cc(CCl)c1. The number of alkyl halides is 2. The number of benzene rings is 2. The normalized spacial score (nSPS) is 12.6. The smallest absolute Gasteiger partial charge is 0.305 e. The third-order valence-corrected chi connectivity index (χ3v) is 10.3. The van der Waals surface area contributed by atoms with E-state index in [1.807, 2.05) is 0 Å². The van der Waals surface area contributed by atoms with Gasteiger partial charge in [-0.05, 0) is 99.9 Å². The summed E-state index contributed by atoms with van der Waals surface area (Å²) < 4.78 is 36.3. The maximum atomic E-state index is 12.6. The maximum Gasteiger partial charge on any atom is 0.305 e. The highest BCUT2D eigenvalue weighted by Gasteiger charge is 2.23. The van der Waals surface area contributed by atoms with Crippen molar-refractivity contribution in [3.8, 4) is 0 Å². The Bertz CT molecular complexity index is 2070. The van der Waals surface area contributed by atoms with Crippen LogP contribution in [0, 0.1) is 0 Å². The molecule has 0 fully saturated rings. The van der Waals surface area contributed by atoms with E-state index in [0.717, 1.165) is 11.8 Å². The quantitative estimate of drug-likeness (QED) is 0.0309. The zero-order valence-electron chi connectivity index (χ0n) is 38.2. The van der Waals surface area contributed by atoms with E-state index in [9.17, 15) is 51.9 Å². The van der Waals surface area contributed by atoms with Crippen LogP contribution < -0.4 is 31.9 Å². The van der Waals surface area contributed by atoms with E-state index in [1.165, 1.54) is 48.0 Å². The van der Waals surface area contributed by atoms with Gasteiger partial charge in [-0.15, -0.1) is 23.2 Å². The zero-order chi connectivity index (χ0) is 50.0. The van der Waals surface area contributed by atoms with Crippen molar-refractivity contribution >= 4 is 92.1 Å². The molecule has 0 heterocycles. The van der Waals surface area contributed by atoms with Crippen molar-refractivity contribution in [1.82, 2.24) is 21.3 Å². The van der Waals surface area contributed by atoms with Gasteiger partial charge in [-0.25, -0.2) is 0 Å². The molecule has 2 aromatic carbocycles. The molecule has 2 aromatic rings. The summed E-state index contributed by atoms with van der Waals surface area (Å²) in [6, 6.07) is 6.34. The van der Waals surface area contributed by atoms with Gasteiger partial charge in [0.2, 0.25) is 35.4 Å². The molecule has 0 aliphatic carbocycles. The first-order valence-electron chi connectivity index (χ1n) is 20.8. The van der Waals surface area contributed by atoms with Gasteiger partial charge in [-0.2, -0.15) is 8.42 Å². The summed E-state index contributed by atoms with van der Waals surface area (Å²) in [6.07, 6.45) is 3.66.